The van der Waals surface area contributed by atoms with Crippen molar-refractivity contribution < 1.29 is 9.72 Å². The maximum absolute atomic E-state index is 12.5. The molecule has 26 heavy (non-hydrogen) atoms. The van der Waals surface area contributed by atoms with Gasteiger partial charge >= 0.3 is 0 Å². The van der Waals surface area contributed by atoms with Crippen molar-refractivity contribution in [2.24, 2.45) is 0 Å². The van der Waals surface area contributed by atoms with E-state index in [0.717, 1.165) is 5.69 Å². The second-order valence-corrected chi connectivity index (χ2v) is 6.08. The van der Waals surface area contributed by atoms with E-state index < -0.39 is 10.8 Å². The highest BCUT2D eigenvalue weighted by Gasteiger charge is 2.17. The molecule has 1 amide bonds. The van der Waals surface area contributed by atoms with Gasteiger partial charge < -0.3 is 5.32 Å². The predicted molar refractivity (Wildman–Crippen MR) is 95.4 cm³/mol. The lowest BCUT2D eigenvalue weighted by molar-refractivity contribution is -0.384. The fraction of sp³-hybridized carbons (Fsp3) is 0.188. The molecule has 0 aliphatic heterocycles. The first kappa shape index (κ1) is 17.6. The highest BCUT2D eigenvalue weighted by molar-refractivity contribution is 6.30. The van der Waals surface area contributed by atoms with E-state index in [9.17, 15) is 14.9 Å². The molecule has 10 heteroatoms. The Morgan fingerprint density at radius 1 is 1.38 bits per heavy atom. The number of benzene rings is 1. The summed E-state index contributed by atoms with van der Waals surface area (Å²) >= 11 is 5.86. The molecule has 0 spiro atoms. The SMILES string of the molecule is Cc1nn(Cn2cc(Cl)cn2)c(C)c1NC(=O)c1cccc([N+](=O)[O-])c1. The standard InChI is InChI=1S/C16H15ClN6O3/c1-10-15(11(2)22(20-10)9-21-8-13(17)7-18-21)19-16(24)12-4-3-5-14(6-12)23(25)26/h3-8H,9H2,1-2H3,(H,19,24). The van der Waals surface area contributed by atoms with Crippen LogP contribution in [0.1, 0.15) is 21.7 Å². The van der Waals surface area contributed by atoms with E-state index in [1.54, 1.807) is 22.5 Å². The Hall–Kier alpha value is -3.20. The largest absolute Gasteiger partial charge is 0.319 e. The number of anilines is 1. The summed E-state index contributed by atoms with van der Waals surface area (Å²) in [5, 5.41) is 22.7. The number of carbonyl (C=O) groups is 1. The van der Waals surface area contributed by atoms with E-state index in [-0.39, 0.29) is 11.3 Å². The van der Waals surface area contributed by atoms with Gasteiger partial charge in [0.25, 0.3) is 11.6 Å². The fourth-order valence-electron chi connectivity index (χ4n) is 2.51. The quantitative estimate of drug-likeness (QED) is 0.545. The second kappa shape index (κ2) is 6.96. The minimum atomic E-state index is -0.541. The van der Waals surface area contributed by atoms with Crippen LogP contribution in [-0.2, 0) is 6.67 Å². The Morgan fingerprint density at radius 3 is 2.81 bits per heavy atom. The van der Waals surface area contributed by atoms with Crippen LogP contribution in [0.3, 0.4) is 0 Å². The van der Waals surface area contributed by atoms with Crippen molar-refractivity contribution in [3.63, 3.8) is 0 Å². The van der Waals surface area contributed by atoms with Crippen molar-refractivity contribution in [1.82, 2.24) is 19.6 Å². The van der Waals surface area contributed by atoms with E-state index in [0.29, 0.717) is 23.1 Å². The molecule has 0 fully saturated rings. The van der Waals surface area contributed by atoms with E-state index in [1.807, 2.05) is 6.92 Å². The molecule has 2 heterocycles. The third kappa shape index (κ3) is 3.57. The van der Waals surface area contributed by atoms with Gasteiger partial charge in [0.1, 0.15) is 6.67 Å². The average Bonchev–Trinajstić information content (AvgIpc) is 3.13. The maximum Gasteiger partial charge on any atom is 0.270 e. The van der Waals surface area contributed by atoms with Gasteiger partial charge in [0, 0.05) is 23.9 Å². The van der Waals surface area contributed by atoms with Gasteiger partial charge in [0.2, 0.25) is 0 Å². The molecule has 0 bridgehead atoms. The summed E-state index contributed by atoms with van der Waals surface area (Å²) in [5.41, 5.74) is 1.97. The summed E-state index contributed by atoms with van der Waals surface area (Å²) in [6.07, 6.45) is 3.19. The van der Waals surface area contributed by atoms with Gasteiger partial charge in [-0.25, -0.2) is 9.36 Å². The summed E-state index contributed by atoms with van der Waals surface area (Å²) in [5.74, 6) is -0.443. The molecule has 0 unspecified atom stereocenters. The zero-order valence-corrected chi connectivity index (χ0v) is 14.8. The Morgan fingerprint density at radius 2 is 2.15 bits per heavy atom. The van der Waals surface area contributed by atoms with Gasteiger partial charge in [-0.3, -0.25) is 14.9 Å². The topological polar surface area (TPSA) is 108 Å². The summed E-state index contributed by atoms with van der Waals surface area (Å²) < 4.78 is 3.30. The Balaban J connectivity index is 1.82. The van der Waals surface area contributed by atoms with Gasteiger partial charge in [-0.1, -0.05) is 17.7 Å². The van der Waals surface area contributed by atoms with Gasteiger partial charge in [-0.2, -0.15) is 10.2 Å². The number of aryl methyl sites for hydroxylation is 1. The van der Waals surface area contributed by atoms with Gasteiger partial charge in [-0.05, 0) is 19.9 Å². The number of hydrogen-bond acceptors (Lipinski definition) is 5. The summed E-state index contributed by atoms with van der Waals surface area (Å²) in [4.78, 5) is 22.8. The number of rotatable bonds is 5. The van der Waals surface area contributed by atoms with Gasteiger partial charge in [0.05, 0.1) is 33.2 Å². The molecular weight excluding hydrogens is 360 g/mol. The van der Waals surface area contributed by atoms with Gasteiger partial charge in [-0.15, -0.1) is 0 Å². The number of halogens is 1. The van der Waals surface area contributed by atoms with Crippen LogP contribution < -0.4 is 5.32 Å². The van der Waals surface area contributed by atoms with Gasteiger partial charge in [0.15, 0.2) is 0 Å². The number of amides is 1. The third-order valence-electron chi connectivity index (χ3n) is 3.82. The van der Waals surface area contributed by atoms with Crippen LogP contribution in [0.25, 0.3) is 0 Å². The minimum absolute atomic E-state index is 0.141. The van der Waals surface area contributed by atoms with Crippen LogP contribution in [0.15, 0.2) is 36.7 Å². The summed E-state index contributed by atoms with van der Waals surface area (Å²) in [6, 6.07) is 5.55. The number of nitro groups is 1. The smallest absolute Gasteiger partial charge is 0.270 e. The molecule has 0 radical (unpaired) electrons. The number of nitrogens with zero attached hydrogens (tertiary/aromatic N) is 5. The molecule has 0 atom stereocenters. The molecular formula is C16H15ClN6O3. The highest BCUT2D eigenvalue weighted by Crippen LogP contribution is 2.21. The van der Waals surface area contributed by atoms with Crippen molar-refractivity contribution >= 4 is 28.9 Å². The molecule has 1 N–H and O–H groups in total. The molecule has 0 aliphatic carbocycles. The fourth-order valence-corrected chi connectivity index (χ4v) is 2.67. The van der Waals surface area contributed by atoms with E-state index in [4.69, 9.17) is 11.6 Å². The van der Waals surface area contributed by atoms with Crippen molar-refractivity contribution in [3.8, 4) is 0 Å². The summed E-state index contributed by atoms with van der Waals surface area (Å²) in [6.45, 7) is 3.92. The van der Waals surface area contributed by atoms with Crippen LogP contribution in [0.4, 0.5) is 11.4 Å². The van der Waals surface area contributed by atoms with E-state index in [2.05, 4.69) is 15.5 Å². The number of carbonyl (C=O) groups excluding carboxylic acids is 1. The third-order valence-corrected chi connectivity index (χ3v) is 4.01. The number of nitro benzene ring substituents is 1. The summed E-state index contributed by atoms with van der Waals surface area (Å²) in [7, 11) is 0. The lowest BCUT2D eigenvalue weighted by Gasteiger charge is -2.07. The van der Waals surface area contributed by atoms with Crippen molar-refractivity contribution in [3.05, 3.63) is 68.7 Å². The number of hydrogen-bond donors (Lipinski definition) is 1. The second-order valence-electron chi connectivity index (χ2n) is 5.65. The molecule has 134 valence electrons. The monoisotopic (exact) mass is 374 g/mol. The highest BCUT2D eigenvalue weighted by atomic mass is 35.5. The Kier molecular flexibility index (Phi) is 4.72. The molecule has 3 rings (SSSR count). The van der Waals surface area contributed by atoms with Crippen molar-refractivity contribution in [2.75, 3.05) is 5.32 Å². The average molecular weight is 375 g/mol. The number of aromatic nitrogens is 4. The lowest BCUT2D eigenvalue weighted by Crippen LogP contribution is -2.14. The molecule has 3 aromatic rings. The molecule has 9 nitrogen and oxygen atoms in total. The molecule has 2 aromatic heterocycles. The lowest BCUT2D eigenvalue weighted by atomic mass is 10.2. The molecule has 1 aromatic carbocycles. The van der Waals surface area contributed by atoms with Crippen LogP contribution in [0.5, 0.6) is 0 Å². The normalized spacial score (nSPS) is 10.7. The first-order valence-electron chi connectivity index (χ1n) is 7.63. The predicted octanol–water partition coefficient (Wildman–Crippen LogP) is 3.02. The number of non-ortho nitro benzene ring substituents is 1. The maximum atomic E-state index is 12.5. The molecule has 0 saturated heterocycles. The zero-order valence-electron chi connectivity index (χ0n) is 14.0. The van der Waals surface area contributed by atoms with Crippen LogP contribution in [0.2, 0.25) is 5.02 Å². The molecule has 0 saturated carbocycles. The molecule has 0 aliphatic rings. The zero-order chi connectivity index (χ0) is 18.8. The Bertz CT molecular complexity index is 994. The van der Waals surface area contributed by atoms with Crippen LogP contribution in [-0.4, -0.2) is 30.4 Å². The Labute approximate surface area is 153 Å². The number of nitrogens with one attached hydrogen (secondary N) is 1. The van der Waals surface area contributed by atoms with E-state index in [1.165, 1.54) is 30.5 Å². The van der Waals surface area contributed by atoms with E-state index >= 15 is 0 Å². The van der Waals surface area contributed by atoms with Crippen molar-refractivity contribution in [2.45, 2.75) is 20.5 Å². The first-order chi connectivity index (χ1) is 12.3. The minimum Gasteiger partial charge on any atom is -0.319 e. The van der Waals surface area contributed by atoms with Crippen LogP contribution in [0, 0.1) is 24.0 Å². The first-order valence-corrected chi connectivity index (χ1v) is 8.00. The van der Waals surface area contributed by atoms with Crippen LogP contribution >= 0.6 is 11.6 Å². The van der Waals surface area contributed by atoms with Crippen molar-refractivity contribution in [1.29, 1.82) is 0 Å².